The summed E-state index contributed by atoms with van der Waals surface area (Å²) in [6, 6.07) is -0.462. The van der Waals surface area contributed by atoms with Gasteiger partial charge in [0.05, 0.1) is 6.42 Å². The van der Waals surface area contributed by atoms with Gasteiger partial charge in [0.2, 0.25) is 0 Å². The lowest BCUT2D eigenvalue weighted by Crippen LogP contribution is -2.31. The van der Waals surface area contributed by atoms with Gasteiger partial charge in [-0.3, -0.25) is 0 Å². The molecule has 1 N–H and O–H groups in total. The number of hydrogen-bond donors (Lipinski definition) is 1. The molecule has 0 aromatic heterocycles. The lowest BCUT2D eigenvalue weighted by molar-refractivity contribution is -0.139. The van der Waals surface area contributed by atoms with Crippen molar-refractivity contribution < 1.29 is 13.2 Å². The molecule has 0 aliphatic heterocycles. The fourth-order valence-electron chi connectivity index (χ4n) is 0.945. The van der Waals surface area contributed by atoms with Crippen LogP contribution in [0.3, 0.4) is 0 Å². The molecule has 0 amide bonds. The van der Waals surface area contributed by atoms with Gasteiger partial charge in [0.25, 0.3) is 0 Å². The molecule has 0 fully saturated rings. The third-order valence-electron chi connectivity index (χ3n) is 1.56. The first kappa shape index (κ1) is 11.8. The SMILES string of the molecule is CCCCNC(C)CC(F)(F)F. The molecule has 0 bridgehead atoms. The third kappa shape index (κ3) is 7.85. The summed E-state index contributed by atoms with van der Waals surface area (Å²) >= 11 is 0. The Balaban J connectivity index is 3.40. The van der Waals surface area contributed by atoms with Crippen LogP contribution in [0.4, 0.5) is 13.2 Å². The maximum absolute atomic E-state index is 11.8. The smallest absolute Gasteiger partial charge is 0.314 e. The normalized spacial score (nSPS) is 14.8. The molecule has 0 saturated carbocycles. The highest BCUT2D eigenvalue weighted by atomic mass is 19.4. The highest BCUT2D eigenvalue weighted by Gasteiger charge is 2.29. The molecule has 4 heteroatoms. The Morgan fingerprint density at radius 3 is 2.33 bits per heavy atom. The minimum atomic E-state index is -4.04. The van der Waals surface area contributed by atoms with E-state index in [4.69, 9.17) is 0 Å². The number of nitrogens with one attached hydrogen (secondary N) is 1. The molecule has 0 aromatic carbocycles. The monoisotopic (exact) mass is 183 g/mol. The number of halogens is 3. The molecular weight excluding hydrogens is 167 g/mol. The predicted molar refractivity (Wildman–Crippen MR) is 43.0 cm³/mol. The van der Waals surface area contributed by atoms with E-state index in [2.05, 4.69) is 5.32 Å². The predicted octanol–water partition coefficient (Wildman–Crippen LogP) is 2.72. The average Bonchev–Trinajstić information content (AvgIpc) is 1.84. The summed E-state index contributed by atoms with van der Waals surface area (Å²) in [6.07, 6.45) is -2.84. The molecule has 1 unspecified atom stereocenters. The van der Waals surface area contributed by atoms with Gasteiger partial charge < -0.3 is 5.32 Å². The average molecular weight is 183 g/mol. The van der Waals surface area contributed by atoms with Gasteiger partial charge in [-0.15, -0.1) is 0 Å². The zero-order chi connectivity index (χ0) is 9.61. The van der Waals surface area contributed by atoms with Crippen LogP contribution in [0.2, 0.25) is 0 Å². The Hall–Kier alpha value is -0.250. The molecule has 1 atom stereocenters. The molecule has 0 spiro atoms. The van der Waals surface area contributed by atoms with E-state index in [0.29, 0.717) is 6.54 Å². The van der Waals surface area contributed by atoms with Gasteiger partial charge >= 0.3 is 6.18 Å². The molecule has 0 aliphatic rings. The molecule has 0 rings (SSSR count). The molecular formula is C8H16F3N. The van der Waals surface area contributed by atoms with E-state index in [1.807, 2.05) is 6.92 Å². The fourth-order valence-corrected chi connectivity index (χ4v) is 0.945. The Kier molecular flexibility index (Phi) is 5.29. The van der Waals surface area contributed by atoms with Crippen molar-refractivity contribution in [1.29, 1.82) is 0 Å². The van der Waals surface area contributed by atoms with Crippen LogP contribution in [0.5, 0.6) is 0 Å². The van der Waals surface area contributed by atoms with Crippen molar-refractivity contribution in [3.63, 3.8) is 0 Å². The Bertz CT molecular complexity index is 111. The van der Waals surface area contributed by atoms with Gasteiger partial charge in [-0.25, -0.2) is 0 Å². The van der Waals surface area contributed by atoms with Gasteiger partial charge in [0.15, 0.2) is 0 Å². The minimum absolute atomic E-state index is 0.462. The summed E-state index contributed by atoms with van der Waals surface area (Å²) in [7, 11) is 0. The lowest BCUT2D eigenvalue weighted by atomic mass is 10.2. The summed E-state index contributed by atoms with van der Waals surface area (Å²) in [5.41, 5.74) is 0. The first-order valence-corrected chi connectivity index (χ1v) is 4.26. The quantitative estimate of drug-likeness (QED) is 0.646. The molecule has 0 radical (unpaired) electrons. The van der Waals surface area contributed by atoms with E-state index in [0.717, 1.165) is 12.8 Å². The number of unbranched alkanes of at least 4 members (excludes halogenated alkanes) is 1. The Labute approximate surface area is 71.3 Å². The van der Waals surface area contributed by atoms with E-state index in [1.165, 1.54) is 0 Å². The van der Waals surface area contributed by atoms with Crippen molar-refractivity contribution >= 4 is 0 Å². The van der Waals surface area contributed by atoms with Crippen LogP contribution in [0, 0.1) is 0 Å². The number of rotatable bonds is 5. The number of alkyl halides is 3. The zero-order valence-electron chi connectivity index (χ0n) is 7.54. The maximum Gasteiger partial charge on any atom is 0.390 e. The van der Waals surface area contributed by atoms with E-state index < -0.39 is 18.6 Å². The molecule has 0 saturated heterocycles. The van der Waals surface area contributed by atoms with E-state index >= 15 is 0 Å². The molecule has 0 heterocycles. The molecule has 1 nitrogen and oxygen atoms in total. The van der Waals surface area contributed by atoms with Crippen LogP contribution in [0.25, 0.3) is 0 Å². The van der Waals surface area contributed by atoms with Crippen molar-refractivity contribution in [2.24, 2.45) is 0 Å². The first-order chi connectivity index (χ1) is 5.45. The van der Waals surface area contributed by atoms with Gasteiger partial charge in [-0.1, -0.05) is 13.3 Å². The van der Waals surface area contributed by atoms with Crippen molar-refractivity contribution in [1.82, 2.24) is 5.32 Å². The van der Waals surface area contributed by atoms with Crippen molar-refractivity contribution in [3.8, 4) is 0 Å². The van der Waals surface area contributed by atoms with Crippen LogP contribution in [0.1, 0.15) is 33.1 Å². The van der Waals surface area contributed by atoms with Crippen molar-refractivity contribution in [2.45, 2.75) is 45.3 Å². The summed E-state index contributed by atoms with van der Waals surface area (Å²) in [5, 5.41) is 2.82. The van der Waals surface area contributed by atoms with Crippen LogP contribution >= 0.6 is 0 Å². The number of hydrogen-bond acceptors (Lipinski definition) is 1. The van der Waals surface area contributed by atoms with Crippen molar-refractivity contribution in [3.05, 3.63) is 0 Å². The minimum Gasteiger partial charge on any atom is -0.314 e. The highest BCUT2D eigenvalue weighted by Crippen LogP contribution is 2.21. The van der Waals surface area contributed by atoms with Crippen LogP contribution in [-0.2, 0) is 0 Å². The molecule has 0 aliphatic carbocycles. The first-order valence-electron chi connectivity index (χ1n) is 4.26. The van der Waals surface area contributed by atoms with Crippen LogP contribution in [0.15, 0.2) is 0 Å². The van der Waals surface area contributed by atoms with Crippen molar-refractivity contribution in [2.75, 3.05) is 6.54 Å². The second kappa shape index (κ2) is 5.41. The second-order valence-electron chi connectivity index (χ2n) is 3.03. The summed E-state index contributed by atoms with van der Waals surface area (Å²) < 4.78 is 35.3. The summed E-state index contributed by atoms with van der Waals surface area (Å²) in [4.78, 5) is 0. The Morgan fingerprint density at radius 1 is 1.33 bits per heavy atom. The lowest BCUT2D eigenvalue weighted by Gasteiger charge is -2.15. The van der Waals surface area contributed by atoms with E-state index in [9.17, 15) is 13.2 Å². The largest absolute Gasteiger partial charge is 0.390 e. The summed E-state index contributed by atoms with van der Waals surface area (Å²) in [5.74, 6) is 0. The fraction of sp³-hybridized carbons (Fsp3) is 1.00. The van der Waals surface area contributed by atoms with Gasteiger partial charge in [0, 0.05) is 6.04 Å². The molecule has 0 aromatic rings. The van der Waals surface area contributed by atoms with Crippen LogP contribution in [-0.4, -0.2) is 18.8 Å². The Morgan fingerprint density at radius 2 is 1.92 bits per heavy atom. The topological polar surface area (TPSA) is 12.0 Å². The standard InChI is InChI=1S/C8H16F3N/c1-3-4-5-12-7(2)6-8(9,10)11/h7,12H,3-6H2,1-2H3. The summed E-state index contributed by atoms with van der Waals surface area (Å²) in [6.45, 7) is 4.24. The van der Waals surface area contributed by atoms with Gasteiger partial charge in [-0.2, -0.15) is 13.2 Å². The third-order valence-corrected chi connectivity index (χ3v) is 1.56. The van der Waals surface area contributed by atoms with Gasteiger partial charge in [0.1, 0.15) is 0 Å². The maximum atomic E-state index is 11.8. The highest BCUT2D eigenvalue weighted by molar-refractivity contribution is 4.65. The molecule has 12 heavy (non-hydrogen) atoms. The second-order valence-corrected chi connectivity index (χ2v) is 3.03. The molecule has 74 valence electrons. The van der Waals surface area contributed by atoms with Gasteiger partial charge in [-0.05, 0) is 19.9 Å². The van der Waals surface area contributed by atoms with Crippen LogP contribution < -0.4 is 5.32 Å². The van der Waals surface area contributed by atoms with E-state index in [1.54, 1.807) is 6.92 Å². The van der Waals surface area contributed by atoms with E-state index in [-0.39, 0.29) is 0 Å². The zero-order valence-corrected chi connectivity index (χ0v) is 7.54.